The second-order valence-electron chi connectivity index (χ2n) is 7.62. The van der Waals surface area contributed by atoms with Crippen LogP contribution in [0.1, 0.15) is 35.3 Å². The van der Waals surface area contributed by atoms with E-state index in [1.165, 1.54) is 31.4 Å². The topological polar surface area (TPSA) is 111 Å². The molecule has 0 aliphatic heterocycles. The van der Waals surface area contributed by atoms with Crippen molar-refractivity contribution in [3.63, 3.8) is 0 Å². The minimum atomic E-state index is -4.01. The molecule has 0 atom stereocenters. The van der Waals surface area contributed by atoms with Gasteiger partial charge in [0.15, 0.2) is 6.61 Å². The smallest absolute Gasteiger partial charge is 0.338 e. The summed E-state index contributed by atoms with van der Waals surface area (Å²) in [5.74, 6) is -0.932. The van der Waals surface area contributed by atoms with E-state index in [0.29, 0.717) is 5.75 Å². The van der Waals surface area contributed by atoms with Crippen molar-refractivity contribution in [3.8, 4) is 5.75 Å². The Balaban J connectivity index is 1.69. The number of ether oxygens (including phenoxy) is 2. The van der Waals surface area contributed by atoms with E-state index in [1.807, 2.05) is 32.0 Å². The van der Waals surface area contributed by atoms with Crippen LogP contribution in [0.2, 0.25) is 0 Å². The lowest BCUT2D eigenvalue weighted by atomic mass is 10.0. The molecule has 0 heterocycles. The Kier molecular flexibility index (Phi) is 8.48. The molecule has 1 amide bonds. The predicted molar refractivity (Wildman–Crippen MR) is 134 cm³/mol. The first kappa shape index (κ1) is 25.8. The van der Waals surface area contributed by atoms with Crippen LogP contribution in [0, 0.1) is 0 Å². The summed E-state index contributed by atoms with van der Waals surface area (Å²) in [4.78, 5) is 24.9. The molecule has 0 unspecified atom stereocenters. The van der Waals surface area contributed by atoms with Crippen LogP contribution in [0.25, 0.3) is 0 Å². The molecule has 8 nitrogen and oxygen atoms in total. The van der Waals surface area contributed by atoms with Crippen molar-refractivity contribution >= 4 is 33.3 Å². The minimum Gasteiger partial charge on any atom is -0.495 e. The summed E-state index contributed by atoms with van der Waals surface area (Å²) in [6.07, 6.45) is 1.49. The summed E-state index contributed by atoms with van der Waals surface area (Å²) < 4.78 is 38.5. The Morgan fingerprint density at radius 1 is 0.886 bits per heavy atom. The molecule has 0 spiro atoms. The average molecular weight is 497 g/mol. The number of methoxy groups -OCH3 is 1. The Bertz CT molecular complexity index is 1300. The number of carbonyl (C=O) groups excluding carboxylic acids is 2. The van der Waals surface area contributed by atoms with Gasteiger partial charge in [0.25, 0.3) is 15.9 Å². The molecule has 184 valence electrons. The van der Waals surface area contributed by atoms with Gasteiger partial charge in [-0.3, -0.25) is 9.52 Å². The zero-order chi connectivity index (χ0) is 25.4. The third-order valence-corrected chi connectivity index (χ3v) is 6.69. The van der Waals surface area contributed by atoms with Crippen molar-refractivity contribution in [2.45, 2.75) is 31.6 Å². The highest BCUT2D eigenvalue weighted by Crippen LogP contribution is 2.26. The van der Waals surface area contributed by atoms with Crippen molar-refractivity contribution in [1.29, 1.82) is 0 Å². The number of rotatable bonds is 10. The van der Waals surface area contributed by atoms with Crippen molar-refractivity contribution in [1.82, 2.24) is 0 Å². The molecule has 9 heteroatoms. The first-order chi connectivity index (χ1) is 16.8. The van der Waals surface area contributed by atoms with Gasteiger partial charge in [0, 0.05) is 5.69 Å². The molecule has 0 aliphatic rings. The van der Waals surface area contributed by atoms with Gasteiger partial charge in [-0.25, -0.2) is 13.2 Å². The first-order valence-electron chi connectivity index (χ1n) is 11.1. The standard InChI is InChI=1S/C26H28N2O6S/c1-4-18-10-8-11-19(5-2)25(18)27-24(29)17-34-26(30)20-12-9-13-21(16-20)35(31,32)28-22-14-6-7-15-23(22)33-3/h6-16,28H,4-5,17H2,1-3H3,(H,27,29). The van der Waals surface area contributed by atoms with Gasteiger partial charge in [0.05, 0.1) is 23.3 Å². The normalized spacial score (nSPS) is 10.9. The maximum Gasteiger partial charge on any atom is 0.338 e. The van der Waals surface area contributed by atoms with Gasteiger partial charge < -0.3 is 14.8 Å². The highest BCUT2D eigenvalue weighted by Gasteiger charge is 2.19. The van der Waals surface area contributed by atoms with Crippen LogP contribution in [0.5, 0.6) is 5.75 Å². The van der Waals surface area contributed by atoms with E-state index in [2.05, 4.69) is 10.0 Å². The summed E-state index contributed by atoms with van der Waals surface area (Å²) in [6.45, 7) is 3.49. The van der Waals surface area contributed by atoms with Gasteiger partial charge in [0.1, 0.15) is 5.75 Å². The number of amides is 1. The van der Waals surface area contributed by atoms with E-state index in [0.717, 1.165) is 29.7 Å². The number of nitrogens with one attached hydrogen (secondary N) is 2. The molecular formula is C26H28N2O6S. The number of carbonyl (C=O) groups is 2. The molecule has 0 radical (unpaired) electrons. The maximum absolute atomic E-state index is 12.9. The Morgan fingerprint density at radius 3 is 2.20 bits per heavy atom. The van der Waals surface area contributed by atoms with E-state index in [4.69, 9.17) is 9.47 Å². The van der Waals surface area contributed by atoms with Crippen LogP contribution >= 0.6 is 0 Å². The van der Waals surface area contributed by atoms with Gasteiger partial charge in [-0.1, -0.05) is 50.2 Å². The van der Waals surface area contributed by atoms with Crippen LogP contribution in [0.15, 0.2) is 71.6 Å². The molecule has 3 aromatic carbocycles. The zero-order valence-corrected chi connectivity index (χ0v) is 20.6. The van der Waals surface area contributed by atoms with Crippen LogP contribution in [-0.4, -0.2) is 34.0 Å². The average Bonchev–Trinajstić information content (AvgIpc) is 2.87. The summed E-state index contributed by atoms with van der Waals surface area (Å²) in [5, 5.41) is 2.83. The summed E-state index contributed by atoms with van der Waals surface area (Å²) in [5.41, 5.74) is 2.98. The van der Waals surface area contributed by atoms with Crippen LogP contribution < -0.4 is 14.8 Å². The van der Waals surface area contributed by atoms with Crippen molar-refractivity contribution in [3.05, 3.63) is 83.4 Å². The van der Waals surface area contributed by atoms with Crippen molar-refractivity contribution in [2.24, 2.45) is 0 Å². The third-order valence-electron chi connectivity index (χ3n) is 5.33. The Morgan fingerprint density at radius 2 is 1.54 bits per heavy atom. The number of hydrogen-bond acceptors (Lipinski definition) is 6. The lowest BCUT2D eigenvalue weighted by molar-refractivity contribution is -0.119. The fourth-order valence-electron chi connectivity index (χ4n) is 3.52. The molecule has 3 aromatic rings. The van der Waals surface area contributed by atoms with E-state index >= 15 is 0 Å². The summed E-state index contributed by atoms with van der Waals surface area (Å²) >= 11 is 0. The van der Waals surface area contributed by atoms with Crippen molar-refractivity contribution in [2.75, 3.05) is 23.8 Å². The number of anilines is 2. The lowest BCUT2D eigenvalue weighted by Gasteiger charge is -2.14. The number of aryl methyl sites for hydroxylation is 2. The second kappa shape index (κ2) is 11.5. The van der Waals surface area contributed by atoms with Crippen molar-refractivity contribution < 1.29 is 27.5 Å². The van der Waals surface area contributed by atoms with E-state index in [1.54, 1.807) is 24.3 Å². The van der Waals surface area contributed by atoms with Crippen LogP contribution in [0.3, 0.4) is 0 Å². The zero-order valence-electron chi connectivity index (χ0n) is 19.8. The lowest BCUT2D eigenvalue weighted by Crippen LogP contribution is -2.22. The number of esters is 1. The molecule has 0 aromatic heterocycles. The number of benzene rings is 3. The van der Waals surface area contributed by atoms with E-state index in [-0.39, 0.29) is 16.1 Å². The first-order valence-corrected chi connectivity index (χ1v) is 12.6. The molecule has 0 bridgehead atoms. The number of sulfonamides is 1. The monoisotopic (exact) mass is 496 g/mol. The van der Waals surface area contributed by atoms with Gasteiger partial charge in [0.2, 0.25) is 0 Å². The number of hydrogen-bond donors (Lipinski definition) is 2. The Hall–Kier alpha value is -3.85. The Labute approximate surface area is 205 Å². The van der Waals surface area contributed by atoms with Gasteiger partial charge in [-0.2, -0.15) is 0 Å². The highest BCUT2D eigenvalue weighted by molar-refractivity contribution is 7.92. The van der Waals surface area contributed by atoms with Crippen LogP contribution in [-0.2, 0) is 32.4 Å². The molecule has 3 rings (SSSR count). The summed E-state index contributed by atoms with van der Waals surface area (Å²) in [6, 6.07) is 17.8. The summed E-state index contributed by atoms with van der Waals surface area (Å²) in [7, 11) is -2.57. The highest BCUT2D eigenvalue weighted by atomic mass is 32.2. The fraction of sp³-hybridized carbons (Fsp3) is 0.231. The van der Waals surface area contributed by atoms with Crippen LogP contribution in [0.4, 0.5) is 11.4 Å². The largest absolute Gasteiger partial charge is 0.495 e. The van der Waals surface area contributed by atoms with E-state index in [9.17, 15) is 18.0 Å². The number of para-hydroxylation sites is 3. The van der Waals surface area contributed by atoms with Gasteiger partial charge in [-0.05, 0) is 54.3 Å². The molecular weight excluding hydrogens is 468 g/mol. The maximum atomic E-state index is 12.9. The van der Waals surface area contributed by atoms with Gasteiger partial charge >= 0.3 is 5.97 Å². The molecule has 0 saturated carbocycles. The fourth-order valence-corrected chi connectivity index (χ4v) is 4.63. The van der Waals surface area contributed by atoms with E-state index < -0.39 is 28.5 Å². The molecule has 35 heavy (non-hydrogen) atoms. The van der Waals surface area contributed by atoms with Gasteiger partial charge in [-0.15, -0.1) is 0 Å². The minimum absolute atomic E-state index is 0.00362. The quantitative estimate of drug-likeness (QED) is 0.402. The third kappa shape index (κ3) is 6.39. The SMILES string of the molecule is CCc1cccc(CC)c1NC(=O)COC(=O)c1cccc(S(=O)(=O)Nc2ccccc2OC)c1. The predicted octanol–water partition coefficient (Wildman–Crippen LogP) is 4.42. The molecule has 0 saturated heterocycles. The molecule has 2 N–H and O–H groups in total. The molecule has 0 fully saturated rings. The molecule has 0 aliphatic carbocycles. The second-order valence-corrected chi connectivity index (χ2v) is 9.30.